The molecule has 6 nitrogen and oxygen atoms in total. The van der Waals surface area contributed by atoms with Gasteiger partial charge in [-0.25, -0.2) is 9.38 Å². The van der Waals surface area contributed by atoms with Gasteiger partial charge in [-0.15, -0.1) is 0 Å². The van der Waals surface area contributed by atoms with Crippen LogP contribution in [0.2, 0.25) is 0 Å². The van der Waals surface area contributed by atoms with Gasteiger partial charge in [0.15, 0.2) is 0 Å². The quantitative estimate of drug-likeness (QED) is 0.491. The molecule has 0 aliphatic rings. The van der Waals surface area contributed by atoms with Crippen LogP contribution in [0, 0.1) is 5.82 Å². The molecule has 26 heavy (non-hydrogen) atoms. The van der Waals surface area contributed by atoms with Crippen molar-refractivity contribution >= 4 is 12.6 Å². The van der Waals surface area contributed by atoms with Crippen LogP contribution >= 0.6 is 0 Å². The molecule has 0 spiro atoms. The van der Waals surface area contributed by atoms with Gasteiger partial charge in [-0.05, 0) is 68.6 Å². The number of carbonyl (C=O) groups excluding carboxylic acids is 1. The monoisotopic (exact) mass is 355 g/mol. The molecule has 7 heteroatoms. The van der Waals surface area contributed by atoms with Crippen molar-refractivity contribution < 1.29 is 14.3 Å². The molecule has 0 unspecified atom stereocenters. The lowest BCUT2D eigenvalue weighted by Crippen LogP contribution is -2.31. The van der Waals surface area contributed by atoms with Gasteiger partial charge in [-0.2, -0.15) is 0 Å². The topological polar surface area (TPSA) is 83.7 Å². The van der Waals surface area contributed by atoms with Crippen LogP contribution in [0.25, 0.3) is 5.69 Å². The molecule has 1 aromatic heterocycles. The number of carbonyl (C=O) groups is 1. The van der Waals surface area contributed by atoms with Crippen LogP contribution in [-0.2, 0) is 0 Å². The number of amides is 1. The van der Waals surface area contributed by atoms with Crippen LogP contribution in [-0.4, -0.2) is 22.3 Å². The van der Waals surface area contributed by atoms with E-state index in [1.807, 2.05) is 0 Å². The molecule has 1 heterocycles. The number of rotatable bonds is 5. The molecule has 0 aliphatic carbocycles. The van der Waals surface area contributed by atoms with Crippen molar-refractivity contribution in [2.24, 2.45) is 4.99 Å². The second kappa shape index (κ2) is 8.06. The minimum Gasteiger partial charge on any atom is -0.512 e. The SMILES string of the molecule is C=N/C(=C\C(C)=C(/C)O)NC(=O)c1cccn(-c2ccc(F)cc2)c1=O. The highest BCUT2D eigenvalue weighted by Crippen LogP contribution is 2.08. The standard InChI is InChI=1S/C19H18FN3O3/c1-12(13(2)24)11-17(21-3)22-18(25)16-5-4-10-23(19(16)26)15-8-6-14(20)7-9-15/h4-11,24H,3H2,1-2H3,(H,22,25)/b13-12+,17-11+. The number of hydrogen-bond acceptors (Lipinski definition) is 4. The minimum absolute atomic E-state index is 0.0683. The van der Waals surface area contributed by atoms with Gasteiger partial charge in [-0.3, -0.25) is 14.2 Å². The molecule has 0 bridgehead atoms. The molecule has 1 amide bonds. The summed E-state index contributed by atoms with van der Waals surface area (Å²) in [5.41, 5.74) is 0.238. The lowest BCUT2D eigenvalue weighted by molar-refractivity contribution is 0.0963. The lowest BCUT2D eigenvalue weighted by Gasteiger charge is -2.09. The van der Waals surface area contributed by atoms with E-state index in [2.05, 4.69) is 17.0 Å². The van der Waals surface area contributed by atoms with E-state index in [-0.39, 0.29) is 17.1 Å². The van der Waals surface area contributed by atoms with Crippen molar-refractivity contribution in [3.8, 4) is 5.69 Å². The fourth-order valence-electron chi connectivity index (χ4n) is 2.09. The molecule has 0 radical (unpaired) electrons. The Morgan fingerprint density at radius 1 is 1.27 bits per heavy atom. The van der Waals surface area contributed by atoms with Crippen LogP contribution in [0.5, 0.6) is 0 Å². The Hall–Kier alpha value is -3.48. The van der Waals surface area contributed by atoms with Crippen LogP contribution in [0.15, 0.2) is 75.6 Å². The van der Waals surface area contributed by atoms with Crippen LogP contribution in [0.4, 0.5) is 4.39 Å². The van der Waals surface area contributed by atoms with Gasteiger partial charge in [0.1, 0.15) is 17.2 Å². The summed E-state index contributed by atoms with van der Waals surface area (Å²) in [6.07, 6.45) is 2.92. The predicted octanol–water partition coefficient (Wildman–Crippen LogP) is 3.10. The van der Waals surface area contributed by atoms with Crippen molar-refractivity contribution in [1.82, 2.24) is 9.88 Å². The third-order valence-electron chi connectivity index (χ3n) is 3.63. The molecule has 134 valence electrons. The van der Waals surface area contributed by atoms with E-state index < -0.39 is 17.3 Å². The molecule has 2 aromatic rings. The molecular weight excluding hydrogens is 337 g/mol. The summed E-state index contributed by atoms with van der Waals surface area (Å²) < 4.78 is 14.3. The average molecular weight is 355 g/mol. The highest BCUT2D eigenvalue weighted by molar-refractivity contribution is 5.95. The number of aliphatic hydroxyl groups excluding tert-OH is 1. The van der Waals surface area contributed by atoms with Crippen molar-refractivity contribution in [2.75, 3.05) is 0 Å². The first-order valence-corrected chi connectivity index (χ1v) is 7.67. The number of hydrogen-bond donors (Lipinski definition) is 2. The normalized spacial score (nSPS) is 12.3. The summed E-state index contributed by atoms with van der Waals surface area (Å²) in [6.45, 7) is 6.49. The van der Waals surface area contributed by atoms with Gasteiger partial charge >= 0.3 is 0 Å². The molecule has 2 N–H and O–H groups in total. The third-order valence-corrected chi connectivity index (χ3v) is 3.63. The maximum atomic E-state index is 13.1. The summed E-state index contributed by atoms with van der Waals surface area (Å²) in [6, 6.07) is 8.24. The van der Waals surface area contributed by atoms with E-state index in [1.54, 1.807) is 6.92 Å². The molecule has 0 aliphatic heterocycles. The van der Waals surface area contributed by atoms with Gasteiger partial charge in [0.05, 0.1) is 5.76 Å². The van der Waals surface area contributed by atoms with E-state index in [9.17, 15) is 19.1 Å². The van der Waals surface area contributed by atoms with E-state index in [0.717, 1.165) is 0 Å². The van der Waals surface area contributed by atoms with Crippen LogP contribution in [0.3, 0.4) is 0 Å². The zero-order chi connectivity index (χ0) is 19.3. The molecule has 2 rings (SSSR count). The number of aliphatic hydroxyl groups is 1. The Balaban J connectivity index is 2.37. The first-order chi connectivity index (χ1) is 12.3. The molecule has 0 fully saturated rings. The Morgan fingerprint density at radius 2 is 1.92 bits per heavy atom. The highest BCUT2D eigenvalue weighted by atomic mass is 19.1. The maximum absolute atomic E-state index is 13.1. The van der Waals surface area contributed by atoms with Crippen molar-refractivity contribution in [3.05, 3.63) is 87.6 Å². The smallest absolute Gasteiger partial charge is 0.267 e. The predicted molar refractivity (Wildman–Crippen MR) is 98.1 cm³/mol. The minimum atomic E-state index is -0.673. The third kappa shape index (κ3) is 4.32. The lowest BCUT2D eigenvalue weighted by atomic mass is 10.2. The Labute approximate surface area is 149 Å². The fourth-order valence-corrected chi connectivity index (χ4v) is 2.09. The number of pyridine rings is 1. The number of halogens is 1. The second-order valence-corrected chi connectivity index (χ2v) is 5.48. The molecule has 0 saturated carbocycles. The number of nitrogens with zero attached hydrogens (tertiary/aromatic N) is 2. The molecular formula is C19H18FN3O3. The molecule has 1 aromatic carbocycles. The van der Waals surface area contributed by atoms with Crippen molar-refractivity contribution in [2.45, 2.75) is 13.8 Å². The van der Waals surface area contributed by atoms with E-state index in [0.29, 0.717) is 11.3 Å². The Kier molecular flexibility index (Phi) is 5.85. The Morgan fingerprint density at radius 3 is 2.50 bits per heavy atom. The zero-order valence-electron chi connectivity index (χ0n) is 14.4. The first kappa shape index (κ1) is 18.9. The summed E-state index contributed by atoms with van der Waals surface area (Å²) in [5.74, 6) is -0.935. The Bertz CT molecular complexity index is 953. The summed E-state index contributed by atoms with van der Waals surface area (Å²) in [7, 11) is 0. The van der Waals surface area contributed by atoms with Gasteiger partial charge in [0.2, 0.25) is 0 Å². The van der Waals surface area contributed by atoms with E-state index in [4.69, 9.17) is 0 Å². The van der Waals surface area contributed by atoms with Crippen molar-refractivity contribution in [3.63, 3.8) is 0 Å². The number of allylic oxidation sites excluding steroid dienone is 3. The van der Waals surface area contributed by atoms with Crippen LogP contribution in [0.1, 0.15) is 24.2 Å². The van der Waals surface area contributed by atoms with Gasteiger partial charge in [0, 0.05) is 11.9 Å². The number of aromatic nitrogens is 1. The second-order valence-electron chi connectivity index (χ2n) is 5.48. The maximum Gasteiger partial charge on any atom is 0.267 e. The van der Waals surface area contributed by atoms with Crippen molar-refractivity contribution in [1.29, 1.82) is 0 Å². The van der Waals surface area contributed by atoms with Crippen LogP contribution < -0.4 is 10.9 Å². The molecule has 0 saturated heterocycles. The largest absolute Gasteiger partial charge is 0.512 e. The van der Waals surface area contributed by atoms with Gasteiger partial charge in [-0.1, -0.05) is 0 Å². The summed E-state index contributed by atoms with van der Waals surface area (Å²) in [5, 5.41) is 11.9. The molecule has 0 atom stereocenters. The van der Waals surface area contributed by atoms with Gasteiger partial charge in [0.25, 0.3) is 11.5 Å². The summed E-state index contributed by atoms with van der Waals surface area (Å²) in [4.78, 5) is 28.7. The zero-order valence-corrected chi connectivity index (χ0v) is 14.4. The first-order valence-electron chi connectivity index (χ1n) is 7.67. The summed E-state index contributed by atoms with van der Waals surface area (Å²) >= 11 is 0. The fraction of sp³-hybridized carbons (Fsp3) is 0.105. The highest BCUT2D eigenvalue weighted by Gasteiger charge is 2.14. The van der Waals surface area contributed by atoms with Gasteiger partial charge < -0.3 is 10.4 Å². The number of aliphatic imine (C=N–C) groups is 1. The average Bonchev–Trinajstić information content (AvgIpc) is 2.61. The number of benzene rings is 1. The van der Waals surface area contributed by atoms with E-state index in [1.165, 1.54) is 60.2 Å². The number of nitrogens with one attached hydrogen (secondary N) is 1. The van der Waals surface area contributed by atoms with E-state index >= 15 is 0 Å².